The van der Waals surface area contributed by atoms with Crippen LogP contribution < -0.4 is 14.8 Å². The minimum atomic E-state index is -0.511. The number of rotatable bonds is 6. The smallest absolute Gasteiger partial charge is 0.411 e. The van der Waals surface area contributed by atoms with Crippen molar-refractivity contribution in [3.05, 3.63) is 53.6 Å². The third-order valence-electron chi connectivity index (χ3n) is 2.70. The molecule has 0 spiro atoms. The number of benzene rings is 2. The van der Waals surface area contributed by atoms with E-state index in [0.29, 0.717) is 35.4 Å². The highest BCUT2D eigenvalue weighted by molar-refractivity contribution is 6.30. The summed E-state index contributed by atoms with van der Waals surface area (Å²) < 4.78 is 15.6. The average molecular weight is 322 g/mol. The molecule has 0 heterocycles. The Bertz CT molecular complexity index is 616. The molecule has 0 radical (unpaired) electrons. The maximum absolute atomic E-state index is 11.0. The molecule has 0 aliphatic rings. The zero-order chi connectivity index (χ0) is 15.8. The fraction of sp³-hybridized carbons (Fsp3) is 0.188. The van der Waals surface area contributed by atoms with Crippen molar-refractivity contribution in [2.75, 3.05) is 25.6 Å². The number of methoxy groups -OCH3 is 1. The van der Waals surface area contributed by atoms with Crippen LogP contribution in [0.2, 0.25) is 5.02 Å². The van der Waals surface area contributed by atoms with Crippen molar-refractivity contribution >= 4 is 23.4 Å². The summed E-state index contributed by atoms with van der Waals surface area (Å²) in [5, 5.41) is 3.19. The van der Waals surface area contributed by atoms with Crippen molar-refractivity contribution in [1.82, 2.24) is 0 Å². The minimum absolute atomic E-state index is 0.399. The first-order valence-electron chi connectivity index (χ1n) is 6.63. The second-order valence-corrected chi connectivity index (χ2v) is 4.73. The van der Waals surface area contributed by atoms with Crippen LogP contribution in [0.1, 0.15) is 0 Å². The average Bonchev–Trinajstić information content (AvgIpc) is 2.53. The lowest BCUT2D eigenvalue weighted by Crippen LogP contribution is -2.11. The van der Waals surface area contributed by atoms with Crippen LogP contribution in [0.25, 0.3) is 0 Å². The third kappa shape index (κ3) is 5.18. The predicted molar refractivity (Wildman–Crippen MR) is 84.9 cm³/mol. The Morgan fingerprint density at radius 1 is 1.05 bits per heavy atom. The number of nitrogens with one attached hydrogen (secondary N) is 1. The van der Waals surface area contributed by atoms with Crippen molar-refractivity contribution in [2.45, 2.75) is 0 Å². The van der Waals surface area contributed by atoms with Gasteiger partial charge in [-0.15, -0.1) is 0 Å². The van der Waals surface area contributed by atoms with Gasteiger partial charge in [0.1, 0.15) is 24.7 Å². The van der Waals surface area contributed by atoms with E-state index < -0.39 is 6.09 Å². The van der Waals surface area contributed by atoms with Gasteiger partial charge in [-0.05, 0) is 42.5 Å². The van der Waals surface area contributed by atoms with Crippen molar-refractivity contribution in [3.8, 4) is 11.5 Å². The lowest BCUT2D eigenvalue weighted by Gasteiger charge is -2.09. The van der Waals surface area contributed by atoms with Crippen LogP contribution in [-0.4, -0.2) is 26.4 Å². The van der Waals surface area contributed by atoms with Gasteiger partial charge in [0, 0.05) is 10.7 Å². The molecule has 0 aromatic heterocycles. The summed E-state index contributed by atoms with van der Waals surface area (Å²) in [7, 11) is 1.31. The Balaban J connectivity index is 1.74. The van der Waals surface area contributed by atoms with Crippen LogP contribution in [0, 0.1) is 0 Å². The number of halogens is 1. The van der Waals surface area contributed by atoms with E-state index in [9.17, 15) is 4.79 Å². The van der Waals surface area contributed by atoms with Crippen LogP contribution in [0.4, 0.5) is 10.5 Å². The summed E-state index contributed by atoms with van der Waals surface area (Å²) in [5.74, 6) is 1.39. The predicted octanol–water partition coefficient (Wildman–Crippen LogP) is 3.98. The molecule has 0 saturated heterocycles. The minimum Gasteiger partial charge on any atom is -0.490 e. The number of amides is 1. The van der Waals surface area contributed by atoms with E-state index in [4.69, 9.17) is 21.1 Å². The highest BCUT2D eigenvalue weighted by Crippen LogP contribution is 2.18. The molecular formula is C16H16ClNO4. The van der Waals surface area contributed by atoms with Crippen LogP contribution in [-0.2, 0) is 4.74 Å². The van der Waals surface area contributed by atoms with E-state index in [1.165, 1.54) is 7.11 Å². The molecule has 0 bridgehead atoms. The van der Waals surface area contributed by atoms with Crippen molar-refractivity contribution in [3.63, 3.8) is 0 Å². The molecule has 116 valence electrons. The summed E-state index contributed by atoms with van der Waals surface area (Å²) in [5.41, 5.74) is 0.634. The molecule has 2 rings (SSSR count). The molecule has 22 heavy (non-hydrogen) atoms. The van der Waals surface area contributed by atoms with E-state index in [1.54, 1.807) is 36.4 Å². The SMILES string of the molecule is COC(=O)Nc1ccc(OCCOc2cccc(Cl)c2)cc1. The standard InChI is InChI=1S/C16H16ClNO4/c1-20-16(19)18-13-5-7-14(8-6-13)21-9-10-22-15-4-2-3-12(17)11-15/h2-8,11H,9-10H2,1H3,(H,18,19). The van der Waals surface area contributed by atoms with Gasteiger partial charge in [-0.25, -0.2) is 4.79 Å². The van der Waals surface area contributed by atoms with Crippen molar-refractivity contribution < 1.29 is 19.0 Å². The van der Waals surface area contributed by atoms with Crippen LogP contribution >= 0.6 is 11.6 Å². The topological polar surface area (TPSA) is 56.8 Å². The molecule has 1 amide bonds. The van der Waals surface area contributed by atoms with E-state index in [1.807, 2.05) is 12.1 Å². The molecule has 0 aliphatic heterocycles. The first-order chi connectivity index (χ1) is 10.7. The van der Waals surface area contributed by atoms with Crippen molar-refractivity contribution in [1.29, 1.82) is 0 Å². The summed E-state index contributed by atoms with van der Waals surface area (Å²) in [6.45, 7) is 0.804. The first kappa shape index (κ1) is 16.0. The lowest BCUT2D eigenvalue weighted by atomic mass is 10.3. The maximum atomic E-state index is 11.0. The normalized spacial score (nSPS) is 9.91. The highest BCUT2D eigenvalue weighted by Gasteiger charge is 2.01. The van der Waals surface area contributed by atoms with Gasteiger partial charge >= 0.3 is 6.09 Å². The second kappa shape index (κ2) is 8.14. The summed E-state index contributed by atoms with van der Waals surface area (Å²) in [6, 6.07) is 14.2. The molecule has 0 fully saturated rings. The number of hydrogen-bond donors (Lipinski definition) is 1. The molecule has 0 saturated carbocycles. The second-order valence-electron chi connectivity index (χ2n) is 4.30. The number of hydrogen-bond acceptors (Lipinski definition) is 4. The van der Waals surface area contributed by atoms with E-state index >= 15 is 0 Å². The largest absolute Gasteiger partial charge is 0.490 e. The fourth-order valence-electron chi connectivity index (χ4n) is 1.68. The molecule has 0 aliphatic carbocycles. The molecular weight excluding hydrogens is 306 g/mol. The summed E-state index contributed by atoms with van der Waals surface area (Å²) >= 11 is 5.86. The Labute approximate surface area is 133 Å². The van der Waals surface area contributed by atoms with Gasteiger partial charge in [-0.1, -0.05) is 17.7 Å². The first-order valence-corrected chi connectivity index (χ1v) is 7.01. The molecule has 1 N–H and O–H groups in total. The molecule has 0 unspecified atom stereocenters. The molecule has 0 atom stereocenters. The van der Waals surface area contributed by atoms with E-state index in [-0.39, 0.29) is 0 Å². The Hall–Kier alpha value is -2.40. The maximum Gasteiger partial charge on any atom is 0.411 e. The number of carbonyl (C=O) groups is 1. The zero-order valence-electron chi connectivity index (χ0n) is 12.0. The van der Waals surface area contributed by atoms with E-state index in [0.717, 1.165) is 0 Å². The molecule has 6 heteroatoms. The Kier molecular flexibility index (Phi) is 5.91. The van der Waals surface area contributed by atoms with Gasteiger partial charge in [0.25, 0.3) is 0 Å². The zero-order valence-corrected chi connectivity index (χ0v) is 12.8. The number of carbonyl (C=O) groups excluding carboxylic acids is 1. The lowest BCUT2D eigenvalue weighted by molar-refractivity contribution is 0.187. The van der Waals surface area contributed by atoms with Gasteiger partial charge in [0.05, 0.1) is 7.11 Å². The highest BCUT2D eigenvalue weighted by atomic mass is 35.5. The quantitative estimate of drug-likeness (QED) is 0.818. The summed E-state index contributed by atoms with van der Waals surface area (Å²) in [4.78, 5) is 11.0. The summed E-state index contributed by atoms with van der Waals surface area (Å²) in [6.07, 6.45) is -0.511. The van der Waals surface area contributed by atoms with Crippen LogP contribution in [0.5, 0.6) is 11.5 Å². The molecule has 2 aromatic carbocycles. The molecule has 2 aromatic rings. The van der Waals surface area contributed by atoms with Gasteiger partial charge in [0.15, 0.2) is 0 Å². The number of anilines is 1. The number of ether oxygens (including phenoxy) is 3. The fourth-order valence-corrected chi connectivity index (χ4v) is 1.86. The van der Waals surface area contributed by atoms with Crippen LogP contribution in [0.15, 0.2) is 48.5 Å². The van der Waals surface area contributed by atoms with Crippen LogP contribution in [0.3, 0.4) is 0 Å². The van der Waals surface area contributed by atoms with Gasteiger partial charge in [-0.2, -0.15) is 0 Å². The van der Waals surface area contributed by atoms with Gasteiger partial charge < -0.3 is 14.2 Å². The van der Waals surface area contributed by atoms with Gasteiger partial charge in [0.2, 0.25) is 0 Å². The Morgan fingerprint density at radius 3 is 2.36 bits per heavy atom. The monoisotopic (exact) mass is 321 g/mol. The third-order valence-corrected chi connectivity index (χ3v) is 2.94. The molecule has 5 nitrogen and oxygen atoms in total. The van der Waals surface area contributed by atoms with E-state index in [2.05, 4.69) is 10.1 Å². The van der Waals surface area contributed by atoms with Crippen molar-refractivity contribution in [2.24, 2.45) is 0 Å². The Morgan fingerprint density at radius 2 is 1.73 bits per heavy atom. The van der Waals surface area contributed by atoms with Gasteiger partial charge in [-0.3, -0.25) is 5.32 Å².